The number of carbonyl (C=O) groups excluding carboxylic acids is 1. The molecule has 0 aliphatic carbocycles. The van der Waals surface area contributed by atoms with Gasteiger partial charge in [-0.3, -0.25) is 9.69 Å². The van der Waals surface area contributed by atoms with Gasteiger partial charge in [0, 0.05) is 30.6 Å². The minimum atomic E-state index is -0.786. The Kier molecular flexibility index (Phi) is 7.28. The number of anilines is 3. The number of fused-ring (bicyclic) bond motifs is 1. The number of aromatic nitrogens is 1. The Morgan fingerprint density at radius 2 is 1.91 bits per heavy atom. The molecule has 1 aliphatic heterocycles. The maximum Gasteiger partial charge on any atom is 0.267 e. The molecule has 1 aliphatic rings. The first-order chi connectivity index (χ1) is 16.4. The van der Waals surface area contributed by atoms with Crippen LogP contribution in [0.3, 0.4) is 0 Å². The number of halogens is 2. The van der Waals surface area contributed by atoms with E-state index in [2.05, 4.69) is 19.9 Å². The fraction of sp³-hybridized carbons (Fsp3) is 0.292. The molecule has 2 aromatic carbocycles. The quantitative estimate of drug-likeness (QED) is 0.367. The van der Waals surface area contributed by atoms with E-state index in [0.717, 1.165) is 35.0 Å². The summed E-state index contributed by atoms with van der Waals surface area (Å²) >= 11 is 1.55. The van der Waals surface area contributed by atoms with Crippen molar-refractivity contribution in [2.24, 2.45) is 0 Å². The van der Waals surface area contributed by atoms with E-state index in [1.54, 1.807) is 18.0 Å². The molecule has 4 rings (SSSR count). The summed E-state index contributed by atoms with van der Waals surface area (Å²) in [5.74, 6) is -0.439. The number of ether oxygens (including phenoxy) is 1. The molecule has 0 fully saturated rings. The zero-order valence-corrected chi connectivity index (χ0v) is 20.1. The van der Waals surface area contributed by atoms with Crippen molar-refractivity contribution >= 4 is 34.9 Å². The molecular formula is C24H27F2N5O2S. The molecule has 0 bridgehead atoms. The standard InChI is InChI=1S/C24H27F2N5O2S/c1-4-27-24(32)18-12-20-19(28-18)13-30(3)14-31(20)21-11-16(29-34-5-2)7-9-23(21)33-22-8-6-15(25)10-17(22)26/h6-12,28-29H,4-5,13-14H2,1-3H3,(H,27,32). The van der Waals surface area contributed by atoms with E-state index in [1.807, 2.05) is 44.0 Å². The van der Waals surface area contributed by atoms with Crippen molar-refractivity contribution < 1.29 is 18.3 Å². The summed E-state index contributed by atoms with van der Waals surface area (Å²) in [6.45, 7) is 5.59. The lowest BCUT2D eigenvalue weighted by Crippen LogP contribution is -2.37. The molecule has 2 heterocycles. The van der Waals surface area contributed by atoms with Crippen LogP contribution in [0.4, 0.5) is 25.8 Å². The molecule has 0 spiro atoms. The maximum absolute atomic E-state index is 14.4. The summed E-state index contributed by atoms with van der Waals surface area (Å²) in [6.07, 6.45) is 0. The van der Waals surface area contributed by atoms with Crippen LogP contribution < -0.4 is 19.7 Å². The number of carbonyl (C=O) groups is 1. The van der Waals surface area contributed by atoms with E-state index in [9.17, 15) is 13.6 Å². The van der Waals surface area contributed by atoms with Crippen molar-refractivity contribution in [3.8, 4) is 11.5 Å². The molecular weight excluding hydrogens is 460 g/mol. The fourth-order valence-electron chi connectivity index (χ4n) is 3.78. The highest BCUT2D eigenvalue weighted by Crippen LogP contribution is 2.42. The van der Waals surface area contributed by atoms with E-state index in [0.29, 0.717) is 36.9 Å². The first kappa shape index (κ1) is 23.9. The molecule has 0 saturated heterocycles. The minimum Gasteiger partial charge on any atom is -0.452 e. The van der Waals surface area contributed by atoms with Gasteiger partial charge in [0.1, 0.15) is 11.5 Å². The Hall–Kier alpha value is -3.24. The highest BCUT2D eigenvalue weighted by atomic mass is 32.2. The Bertz CT molecular complexity index is 1190. The van der Waals surface area contributed by atoms with Gasteiger partial charge >= 0.3 is 0 Å². The van der Waals surface area contributed by atoms with E-state index in [4.69, 9.17) is 4.74 Å². The highest BCUT2D eigenvalue weighted by molar-refractivity contribution is 8.00. The van der Waals surface area contributed by atoms with Gasteiger partial charge in [-0.2, -0.15) is 0 Å². The second kappa shape index (κ2) is 10.4. The summed E-state index contributed by atoms with van der Waals surface area (Å²) in [7, 11) is 1.97. The second-order valence-corrected chi connectivity index (χ2v) is 8.95. The van der Waals surface area contributed by atoms with Crippen LogP contribution in [0.25, 0.3) is 0 Å². The van der Waals surface area contributed by atoms with Crippen LogP contribution in [0.5, 0.6) is 11.5 Å². The van der Waals surface area contributed by atoms with Crippen molar-refractivity contribution in [1.82, 2.24) is 15.2 Å². The molecule has 10 heteroatoms. The van der Waals surface area contributed by atoms with Crippen molar-refractivity contribution in [2.75, 3.05) is 35.6 Å². The lowest BCUT2D eigenvalue weighted by molar-refractivity contribution is 0.0951. The van der Waals surface area contributed by atoms with E-state index in [-0.39, 0.29) is 11.7 Å². The van der Waals surface area contributed by atoms with Gasteiger partial charge in [0.2, 0.25) is 0 Å². The predicted octanol–water partition coefficient (Wildman–Crippen LogP) is 5.46. The number of amides is 1. The van der Waals surface area contributed by atoms with Crippen molar-refractivity contribution in [2.45, 2.75) is 20.4 Å². The Balaban J connectivity index is 1.77. The molecule has 34 heavy (non-hydrogen) atoms. The summed E-state index contributed by atoms with van der Waals surface area (Å²) in [5, 5.41) is 2.81. The van der Waals surface area contributed by atoms with Crippen LogP contribution in [0.1, 0.15) is 30.0 Å². The maximum atomic E-state index is 14.4. The van der Waals surface area contributed by atoms with E-state index < -0.39 is 11.6 Å². The van der Waals surface area contributed by atoms with Gasteiger partial charge in [-0.1, -0.05) is 18.9 Å². The number of H-pyrrole nitrogens is 1. The van der Waals surface area contributed by atoms with Gasteiger partial charge < -0.3 is 24.7 Å². The first-order valence-electron chi connectivity index (χ1n) is 11.0. The second-order valence-electron chi connectivity index (χ2n) is 7.88. The number of hydrogen-bond acceptors (Lipinski definition) is 6. The largest absolute Gasteiger partial charge is 0.452 e. The van der Waals surface area contributed by atoms with Crippen LogP contribution in [0.2, 0.25) is 0 Å². The topological polar surface area (TPSA) is 72.6 Å². The third-order valence-corrected chi connectivity index (χ3v) is 5.93. The van der Waals surface area contributed by atoms with Gasteiger partial charge in [0.05, 0.1) is 23.7 Å². The summed E-state index contributed by atoms with van der Waals surface area (Å²) in [4.78, 5) is 19.8. The first-order valence-corrected chi connectivity index (χ1v) is 12.0. The average Bonchev–Trinajstić information content (AvgIpc) is 3.24. The summed E-state index contributed by atoms with van der Waals surface area (Å²) < 4.78 is 37.0. The van der Waals surface area contributed by atoms with Crippen LogP contribution in [-0.4, -0.2) is 41.8 Å². The smallest absolute Gasteiger partial charge is 0.267 e. The minimum absolute atomic E-state index is 0.0750. The Morgan fingerprint density at radius 3 is 2.65 bits per heavy atom. The van der Waals surface area contributed by atoms with Crippen molar-refractivity contribution in [3.05, 3.63) is 65.5 Å². The van der Waals surface area contributed by atoms with Crippen molar-refractivity contribution in [3.63, 3.8) is 0 Å². The number of rotatable bonds is 8. The third-order valence-electron chi connectivity index (χ3n) is 5.26. The van der Waals surface area contributed by atoms with Crippen LogP contribution in [0.15, 0.2) is 42.5 Å². The number of aromatic amines is 1. The lowest BCUT2D eigenvalue weighted by atomic mass is 10.2. The number of hydrogen-bond donors (Lipinski definition) is 3. The molecule has 0 radical (unpaired) electrons. The zero-order valence-electron chi connectivity index (χ0n) is 19.2. The van der Waals surface area contributed by atoms with Gasteiger partial charge in [-0.15, -0.1) is 0 Å². The van der Waals surface area contributed by atoms with Gasteiger partial charge in [0.25, 0.3) is 5.91 Å². The van der Waals surface area contributed by atoms with Gasteiger partial charge in [-0.05, 0) is 50.4 Å². The van der Waals surface area contributed by atoms with Crippen LogP contribution >= 0.6 is 11.9 Å². The number of nitrogens with one attached hydrogen (secondary N) is 3. The molecule has 0 unspecified atom stereocenters. The molecule has 0 saturated carbocycles. The molecule has 1 aromatic heterocycles. The van der Waals surface area contributed by atoms with E-state index in [1.165, 1.54) is 6.07 Å². The summed E-state index contributed by atoms with van der Waals surface area (Å²) in [6, 6.07) is 10.5. The fourth-order valence-corrected chi connectivity index (χ4v) is 4.22. The third kappa shape index (κ3) is 5.13. The number of nitrogens with zero attached hydrogens (tertiary/aromatic N) is 2. The number of benzene rings is 2. The average molecular weight is 488 g/mol. The molecule has 7 nitrogen and oxygen atoms in total. The molecule has 3 N–H and O–H groups in total. The van der Waals surface area contributed by atoms with Crippen molar-refractivity contribution in [1.29, 1.82) is 0 Å². The van der Waals surface area contributed by atoms with Crippen LogP contribution in [0, 0.1) is 11.6 Å². The summed E-state index contributed by atoms with van der Waals surface area (Å²) in [5.41, 5.74) is 3.72. The monoisotopic (exact) mass is 487 g/mol. The molecule has 1 amide bonds. The molecule has 180 valence electrons. The van der Waals surface area contributed by atoms with Crippen LogP contribution in [-0.2, 0) is 6.54 Å². The van der Waals surface area contributed by atoms with E-state index >= 15 is 0 Å². The zero-order chi connectivity index (χ0) is 24.2. The van der Waals surface area contributed by atoms with Gasteiger partial charge in [-0.25, -0.2) is 8.78 Å². The predicted molar refractivity (Wildman–Crippen MR) is 132 cm³/mol. The lowest BCUT2D eigenvalue weighted by Gasteiger charge is -2.35. The Morgan fingerprint density at radius 1 is 1.12 bits per heavy atom. The normalized spacial score (nSPS) is 13.5. The van der Waals surface area contributed by atoms with Gasteiger partial charge in [0.15, 0.2) is 17.3 Å². The Labute approximate surface area is 201 Å². The molecule has 3 aromatic rings. The molecule has 0 atom stereocenters. The SMILES string of the molecule is CCNC(=O)c1cc2c([nH]1)CN(C)CN2c1cc(NSCC)ccc1Oc1ccc(F)cc1F. The highest BCUT2D eigenvalue weighted by Gasteiger charge is 2.28.